The number of amides is 1. The van der Waals surface area contributed by atoms with E-state index in [1.165, 1.54) is 11.3 Å². The molecule has 2 aromatic rings. The molecule has 144 valence electrons. The van der Waals surface area contributed by atoms with E-state index in [0.29, 0.717) is 0 Å². The van der Waals surface area contributed by atoms with E-state index >= 15 is 0 Å². The second-order valence-corrected chi connectivity index (χ2v) is 8.11. The van der Waals surface area contributed by atoms with Crippen LogP contribution in [0, 0.1) is 6.92 Å². The molecule has 1 fully saturated rings. The van der Waals surface area contributed by atoms with E-state index in [1.54, 1.807) is 0 Å². The quantitative estimate of drug-likeness (QED) is 0.737. The largest absolute Gasteiger partial charge is 0.367 e. The van der Waals surface area contributed by atoms with Crippen LogP contribution in [-0.2, 0) is 4.79 Å². The molecule has 1 N–H and O–H groups in total. The summed E-state index contributed by atoms with van der Waals surface area (Å²) < 4.78 is 0. The Balaban J connectivity index is 1.57. The summed E-state index contributed by atoms with van der Waals surface area (Å²) in [4.78, 5) is 31.2. The molecule has 1 amide bonds. The molecule has 1 saturated heterocycles. The monoisotopic (exact) mass is 385 g/mol. The predicted molar refractivity (Wildman–Crippen MR) is 112 cm³/mol. The SMILES string of the molecule is CCN1CCN(c2ccccc2NC(=O)CCC(=O)c2ccc(C)s2)CC1. The van der Waals surface area contributed by atoms with Gasteiger partial charge in [0.25, 0.3) is 0 Å². The number of carbonyl (C=O) groups is 2. The molecule has 2 heterocycles. The molecule has 6 heteroatoms. The van der Waals surface area contributed by atoms with E-state index in [4.69, 9.17) is 0 Å². The number of piperazine rings is 1. The molecule has 0 unspecified atom stereocenters. The summed E-state index contributed by atoms with van der Waals surface area (Å²) in [5.74, 6) is -0.0801. The van der Waals surface area contributed by atoms with Crippen LogP contribution in [0.1, 0.15) is 34.3 Å². The standard InChI is InChI=1S/C21H27N3O2S/c1-3-23-12-14-24(15-13-23)18-7-5-4-6-17(18)22-21(26)11-9-19(25)20-10-8-16(2)27-20/h4-8,10H,3,9,11-15H2,1-2H3,(H,22,26). The van der Waals surface area contributed by atoms with Crippen LogP contribution in [0.4, 0.5) is 11.4 Å². The number of hydrogen-bond donors (Lipinski definition) is 1. The van der Waals surface area contributed by atoms with Crippen LogP contribution in [0.15, 0.2) is 36.4 Å². The Kier molecular flexibility index (Phi) is 6.63. The lowest BCUT2D eigenvalue weighted by Gasteiger charge is -2.36. The van der Waals surface area contributed by atoms with Crippen molar-refractivity contribution in [3.63, 3.8) is 0 Å². The van der Waals surface area contributed by atoms with Gasteiger partial charge in [0.05, 0.1) is 16.3 Å². The van der Waals surface area contributed by atoms with Gasteiger partial charge >= 0.3 is 0 Å². The number of aryl methyl sites for hydroxylation is 1. The molecule has 0 bridgehead atoms. The number of ketones is 1. The maximum atomic E-state index is 12.4. The number of carbonyl (C=O) groups excluding carboxylic acids is 2. The highest BCUT2D eigenvalue weighted by Crippen LogP contribution is 2.27. The van der Waals surface area contributed by atoms with E-state index < -0.39 is 0 Å². The Morgan fingerprint density at radius 3 is 2.44 bits per heavy atom. The zero-order valence-electron chi connectivity index (χ0n) is 16.0. The van der Waals surface area contributed by atoms with Gasteiger partial charge in [0, 0.05) is 43.9 Å². The number of rotatable bonds is 7. The van der Waals surface area contributed by atoms with Crippen LogP contribution in [-0.4, -0.2) is 49.3 Å². The lowest BCUT2D eigenvalue weighted by Crippen LogP contribution is -2.46. The Morgan fingerprint density at radius 1 is 1.04 bits per heavy atom. The average molecular weight is 386 g/mol. The maximum absolute atomic E-state index is 12.4. The fourth-order valence-electron chi connectivity index (χ4n) is 3.31. The van der Waals surface area contributed by atoms with Crippen LogP contribution in [0.25, 0.3) is 0 Å². The van der Waals surface area contributed by atoms with Crippen molar-refractivity contribution in [2.45, 2.75) is 26.7 Å². The van der Waals surface area contributed by atoms with Gasteiger partial charge in [0.1, 0.15) is 0 Å². The molecular formula is C21H27N3O2S. The highest BCUT2D eigenvalue weighted by atomic mass is 32.1. The van der Waals surface area contributed by atoms with Crippen molar-refractivity contribution in [1.82, 2.24) is 4.90 Å². The summed E-state index contributed by atoms with van der Waals surface area (Å²) in [7, 11) is 0. The van der Waals surface area contributed by atoms with Gasteiger partial charge in [0.2, 0.25) is 5.91 Å². The minimum absolute atomic E-state index is 0.0345. The molecule has 0 spiro atoms. The van der Waals surface area contributed by atoms with Gasteiger partial charge in [-0.15, -0.1) is 11.3 Å². The van der Waals surface area contributed by atoms with Crippen molar-refractivity contribution in [2.75, 3.05) is 42.9 Å². The number of Topliss-reactive ketones (excluding diaryl/α,β-unsaturated/α-hetero) is 1. The highest BCUT2D eigenvalue weighted by Gasteiger charge is 2.19. The summed E-state index contributed by atoms with van der Waals surface area (Å²) >= 11 is 1.48. The van der Waals surface area contributed by atoms with Crippen molar-refractivity contribution >= 4 is 34.4 Å². The Hall–Kier alpha value is -2.18. The molecule has 0 radical (unpaired) electrons. The highest BCUT2D eigenvalue weighted by molar-refractivity contribution is 7.14. The first-order valence-electron chi connectivity index (χ1n) is 9.52. The fourth-order valence-corrected chi connectivity index (χ4v) is 4.14. The number of hydrogen-bond acceptors (Lipinski definition) is 5. The Labute approximate surface area is 165 Å². The van der Waals surface area contributed by atoms with Gasteiger partial charge in [-0.2, -0.15) is 0 Å². The van der Waals surface area contributed by atoms with Crippen molar-refractivity contribution < 1.29 is 9.59 Å². The van der Waals surface area contributed by atoms with Gasteiger partial charge in [-0.1, -0.05) is 19.1 Å². The lowest BCUT2D eigenvalue weighted by atomic mass is 10.1. The Bertz CT molecular complexity index is 794. The first-order valence-corrected chi connectivity index (χ1v) is 10.3. The van der Waals surface area contributed by atoms with Crippen molar-refractivity contribution in [3.05, 3.63) is 46.2 Å². The number of benzene rings is 1. The molecule has 0 aliphatic carbocycles. The van der Waals surface area contributed by atoms with Gasteiger partial charge in [-0.05, 0) is 37.7 Å². The molecule has 1 aromatic heterocycles. The molecular weight excluding hydrogens is 358 g/mol. The molecule has 3 rings (SSSR count). The molecule has 0 atom stereocenters. The molecule has 5 nitrogen and oxygen atoms in total. The van der Waals surface area contributed by atoms with Crippen LogP contribution in [0.2, 0.25) is 0 Å². The van der Waals surface area contributed by atoms with Gasteiger partial charge in [-0.3, -0.25) is 9.59 Å². The summed E-state index contributed by atoms with van der Waals surface area (Å²) in [6.07, 6.45) is 0.441. The minimum Gasteiger partial charge on any atom is -0.367 e. The first-order chi connectivity index (χ1) is 13.1. The number of nitrogens with one attached hydrogen (secondary N) is 1. The van der Waals surface area contributed by atoms with E-state index in [-0.39, 0.29) is 24.5 Å². The number of anilines is 2. The minimum atomic E-state index is -0.115. The molecule has 27 heavy (non-hydrogen) atoms. The normalized spacial score (nSPS) is 15.0. The second-order valence-electron chi connectivity index (χ2n) is 6.82. The number of likely N-dealkylation sites (N-methyl/N-ethyl adjacent to an activating group) is 1. The fraction of sp³-hybridized carbons (Fsp3) is 0.429. The third-order valence-corrected chi connectivity index (χ3v) is 5.97. The topological polar surface area (TPSA) is 52.6 Å². The summed E-state index contributed by atoms with van der Waals surface area (Å²) in [6.45, 7) is 9.22. The zero-order chi connectivity index (χ0) is 19.2. The number of thiophene rings is 1. The summed E-state index contributed by atoms with van der Waals surface area (Å²) in [5.41, 5.74) is 1.88. The van der Waals surface area contributed by atoms with E-state index in [0.717, 1.165) is 53.9 Å². The molecule has 0 saturated carbocycles. The lowest BCUT2D eigenvalue weighted by molar-refractivity contribution is -0.116. The van der Waals surface area contributed by atoms with Crippen LogP contribution in [0.5, 0.6) is 0 Å². The first kappa shape index (κ1) is 19.6. The van der Waals surface area contributed by atoms with Gasteiger partial charge < -0.3 is 15.1 Å². The zero-order valence-corrected chi connectivity index (χ0v) is 16.8. The van der Waals surface area contributed by atoms with Crippen LogP contribution in [0.3, 0.4) is 0 Å². The van der Waals surface area contributed by atoms with Crippen LogP contribution >= 0.6 is 11.3 Å². The van der Waals surface area contributed by atoms with E-state index in [1.807, 2.05) is 37.3 Å². The summed E-state index contributed by atoms with van der Waals surface area (Å²) in [5, 5.41) is 3.00. The summed E-state index contributed by atoms with van der Waals surface area (Å²) in [6, 6.07) is 11.7. The number of para-hydroxylation sites is 2. The van der Waals surface area contributed by atoms with Crippen molar-refractivity contribution in [3.8, 4) is 0 Å². The second kappa shape index (κ2) is 9.15. The molecule has 1 aliphatic rings. The van der Waals surface area contributed by atoms with Crippen molar-refractivity contribution in [2.24, 2.45) is 0 Å². The van der Waals surface area contributed by atoms with Crippen molar-refractivity contribution in [1.29, 1.82) is 0 Å². The molecule has 1 aromatic carbocycles. The van der Waals surface area contributed by atoms with E-state index in [9.17, 15) is 9.59 Å². The number of nitrogens with zero attached hydrogens (tertiary/aromatic N) is 2. The smallest absolute Gasteiger partial charge is 0.224 e. The predicted octanol–water partition coefficient (Wildman–Crippen LogP) is 3.80. The molecule has 1 aliphatic heterocycles. The van der Waals surface area contributed by atoms with Crippen LogP contribution < -0.4 is 10.2 Å². The Morgan fingerprint density at radius 2 is 1.78 bits per heavy atom. The maximum Gasteiger partial charge on any atom is 0.224 e. The van der Waals surface area contributed by atoms with E-state index in [2.05, 4.69) is 28.1 Å². The van der Waals surface area contributed by atoms with Gasteiger partial charge in [-0.25, -0.2) is 0 Å². The third-order valence-electron chi connectivity index (χ3n) is 4.93. The average Bonchev–Trinajstić information content (AvgIpc) is 3.13. The third kappa shape index (κ3) is 5.17. The van der Waals surface area contributed by atoms with Gasteiger partial charge in [0.15, 0.2) is 5.78 Å².